The van der Waals surface area contributed by atoms with Gasteiger partial charge in [-0.2, -0.15) is 0 Å². The van der Waals surface area contributed by atoms with Crippen LogP contribution in [0.4, 0.5) is 0 Å². The van der Waals surface area contributed by atoms with Crippen LogP contribution in [0.25, 0.3) is 10.9 Å². The van der Waals surface area contributed by atoms with Gasteiger partial charge in [0.1, 0.15) is 5.75 Å². The van der Waals surface area contributed by atoms with Gasteiger partial charge in [-0.05, 0) is 62.9 Å². The van der Waals surface area contributed by atoms with Crippen molar-refractivity contribution in [3.63, 3.8) is 0 Å². The number of ether oxygens (including phenoxy) is 1. The second-order valence-electron chi connectivity index (χ2n) is 5.47. The lowest BCUT2D eigenvalue weighted by Gasteiger charge is -2.04. The molecule has 19 heavy (non-hydrogen) atoms. The quantitative estimate of drug-likeness (QED) is 0.781. The Labute approximate surface area is 114 Å². The van der Waals surface area contributed by atoms with Gasteiger partial charge in [0.25, 0.3) is 0 Å². The molecular formula is C16H22N2O. The molecule has 3 heteroatoms. The third-order valence-corrected chi connectivity index (χ3v) is 3.94. The molecule has 0 amide bonds. The number of methoxy groups -OCH3 is 1. The lowest BCUT2D eigenvalue weighted by Crippen LogP contribution is -2.17. The van der Waals surface area contributed by atoms with Crippen LogP contribution in [0.5, 0.6) is 5.75 Å². The Bertz CT molecular complexity index is 569. The topological polar surface area (TPSA) is 37.0 Å². The van der Waals surface area contributed by atoms with Gasteiger partial charge in [-0.3, -0.25) is 0 Å². The van der Waals surface area contributed by atoms with Gasteiger partial charge in [0.2, 0.25) is 0 Å². The van der Waals surface area contributed by atoms with Gasteiger partial charge >= 0.3 is 0 Å². The van der Waals surface area contributed by atoms with E-state index in [1.807, 2.05) is 6.07 Å². The molecule has 0 spiro atoms. The summed E-state index contributed by atoms with van der Waals surface area (Å²) in [5.74, 6) is 0.934. The van der Waals surface area contributed by atoms with Crippen LogP contribution in [-0.4, -0.2) is 24.7 Å². The number of aromatic nitrogens is 1. The third kappa shape index (κ3) is 2.76. The first-order valence-corrected chi connectivity index (χ1v) is 7.16. The number of aryl methyl sites for hydroxylation is 2. The van der Waals surface area contributed by atoms with Crippen molar-refractivity contribution in [3.8, 4) is 5.75 Å². The summed E-state index contributed by atoms with van der Waals surface area (Å²) in [6.45, 7) is 3.29. The van der Waals surface area contributed by atoms with E-state index in [0.29, 0.717) is 0 Å². The lowest BCUT2D eigenvalue weighted by atomic mass is 10.1. The van der Waals surface area contributed by atoms with E-state index >= 15 is 0 Å². The number of nitrogens with one attached hydrogen (secondary N) is 2. The van der Waals surface area contributed by atoms with Crippen molar-refractivity contribution in [2.45, 2.75) is 38.6 Å². The number of benzene rings is 1. The Balaban J connectivity index is 1.73. The Kier molecular flexibility index (Phi) is 3.47. The maximum absolute atomic E-state index is 5.33. The largest absolute Gasteiger partial charge is 0.497 e. The molecule has 1 saturated carbocycles. The predicted molar refractivity (Wildman–Crippen MR) is 78.9 cm³/mol. The molecule has 1 fully saturated rings. The summed E-state index contributed by atoms with van der Waals surface area (Å²) in [5.41, 5.74) is 3.93. The highest BCUT2D eigenvalue weighted by Crippen LogP contribution is 2.27. The zero-order chi connectivity index (χ0) is 13.2. The first-order valence-electron chi connectivity index (χ1n) is 7.16. The van der Waals surface area contributed by atoms with Crippen molar-refractivity contribution in [1.82, 2.24) is 10.3 Å². The number of H-pyrrole nitrogens is 1. The van der Waals surface area contributed by atoms with Crippen molar-refractivity contribution < 1.29 is 4.74 Å². The minimum absolute atomic E-state index is 0.809. The van der Waals surface area contributed by atoms with Crippen LogP contribution in [0.15, 0.2) is 18.2 Å². The van der Waals surface area contributed by atoms with E-state index in [1.54, 1.807) is 7.11 Å². The summed E-state index contributed by atoms with van der Waals surface area (Å²) in [4.78, 5) is 3.46. The Morgan fingerprint density at radius 1 is 1.37 bits per heavy atom. The molecular weight excluding hydrogens is 236 g/mol. The highest BCUT2D eigenvalue weighted by molar-refractivity contribution is 5.86. The minimum atomic E-state index is 0.809. The van der Waals surface area contributed by atoms with E-state index in [-0.39, 0.29) is 0 Å². The van der Waals surface area contributed by atoms with E-state index < -0.39 is 0 Å². The van der Waals surface area contributed by atoms with Crippen LogP contribution >= 0.6 is 0 Å². The van der Waals surface area contributed by atoms with E-state index in [2.05, 4.69) is 29.4 Å². The second-order valence-corrected chi connectivity index (χ2v) is 5.47. The maximum Gasteiger partial charge on any atom is 0.119 e. The van der Waals surface area contributed by atoms with Crippen LogP contribution in [0.3, 0.4) is 0 Å². The zero-order valence-corrected chi connectivity index (χ0v) is 11.8. The molecule has 1 aromatic carbocycles. The van der Waals surface area contributed by atoms with Crippen molar-refractivity contribution in [3.05, 3.63) is 29.5 Å². The van der Waals surface area contributed by atoms with Gasteiger partial charge in [0.15, 0.2) is 0 Å². The molecule has 1 aliphatic carbocycles. The summed E-state index contributed by atoms with van der Waals surface area (Å²) in [5, 5.41) is 4.88. The average molecular weight is 258 g/mol. The fourth-order valence-corrected chi connectivity index (χ4v) is 2.67. The summed E-state index contributed by atoms with van der Waals surface area (Å²) in [7, 11) is 1.72. The van der Waals surface area contributed by atoms with Gasteiger partial charge in [-0.25, -0.2) is 0 Å². The van der Waals surface area contributed by atoms with Crippen molar-refractivity contribution in [2.75, 3.05) is 13.7 Å². The highest BCUT2D eigenvalue weighted by atomic mass is 16.5. The highest BCUT2D eigenvalue weighted by Gasteiger charge is 2.19. The molecule has 2 aromatic rings. The molecule has 0 saturated heterocycles. The Morgan fingerprint density at radius 2 is 2.21 bits per heavy atom. The number of rotatable bonds is 6. The molecule has 0 atom stereocenters. The molecule has 1 aromatic heterocycles. The third-order valence-electron chi connectivity index (χ3n) is 3.94. The Morgan fingerprint density at radius 3 is 2.95 bits per heavy atom. The van der Waals surface area contributed by atoms with Gasteiger partial charge in [-0.15, -0.1) is 0 Å². The van der Waals surface area contributed by atoms with Crippen molar-refractivity contribution in [2.24, 2.45) is 0 Å². The molecule has 1 heterocycles. The van der Waals surface area contributed by atoms with Gasteiger partial charge in [0.05, 0.1) is 7.11 Å². The Hall–Kier alpha value is -1.48. The van der Waals surface area contributed by atoms with Gasteiger partial charge < -0.3 is 15.0 Å². The average Bonchev–Trinajstić information content (AvgIpc) is 3.18. The first kappa shape index (κ1) is 12.5. The number of hydrogen-bond acceptors (Lipinski definition) is 2. The second kappa shape index (κ2) is 5.25. The SMILES string of the molecule is COc1ccc2[nH]c(C)c(CCCNC3CC3)c2c1. The van der Waals surface area contributed by atoms with Crippen molar-refractivity contribution >= 4 is 10.9 Å². The minimum Gasteiger partial charge on any atom is -0.497 e. The molecule has 3 nitrogen and oxygen atoms in total. The summed E-state index contributed by atoms with van der Waals surface area (Å²) < 4.78 is 5.33. The van der Waals surface area contributed by atoms with Crippen molar-refractivity contribution in [1.29, 1.82) is 0 Å². The molecule has 0 radical (unpaired) electrons. The van der Waals surface area contributed by atoms with E-state index in [9.17, 15) is 0 Å². The smallest absolute Gasteiger partial charge is 0.119 e. The van der Waals surface area contributed by atoms with Crippen LogP contribution in [0.1, 0.15) is 30.5 Å². The lowest BCUT2D eigenvalue weighted by molar-refractivity contribution is 0.415. The number of hydrogen-bond donors (Lipinski definition) is 2. The number of aromatic amines is 1. The molecule has 102 valence electrons. The summed E-state index contributed by atoms with van der Waals surface area (Å²) in [6, 6.07) is 7.07. The van der Waals surface area contributed by atoms with E-state index in [1.165, 1.54) is 41.4 Å². The van der Waals surface area contributed by atoms with Crippen LogP contribution in [0.2, 0.25) is 0 Å². The van der Waals surface area contributed by atoms with Gasteiger partial charge in [-0.1, -0.05) is 0 Å². The normalized spacial score (nSPS) is 15.1. The van der Waals surface area contributed by atoms with Crippen LogP contribution < -0.4 is 10.1 Å². The first-order chi connectivity index (χ1) is 9.28. The molecule has 1 aliphatic rings. The zero-order valence-electron chi connectivity index (χ0n) is 11.8. The molecule has 3 rings (SSSR count). The van der Waals surface area contributed by atoms with Crippen LogP contribution in [-0.2, 0) is 6.42 Å². The van der Waals surface area contributed by atoms with E-state index in [4.69, 9.17) is 4.74 Å². The fourth-order valence-electron chi connectivity index (χ4n) is 2.67. The molecule has 0 aliphatic heterocycles. The predicted octanol–water partition coefficient (Wildman–Crippen LogP) is 3.17. The number of fused-ring (bicyclic) bond motifs is 1. The maximum atomic E-state index is 5.33. The standard InChI is InChI=1S/C16H22N2O/c1-11-14(4-3-9-17-12-5-6-12)15-10-13(19-2)7-8-16(15)18-11/h7-8,10,12,17-18H,3-6,9H2,1-2H3. The molecule has 0 unspecified atom stereocenters. The fraction of sp³-hybridized carbons (Fsp3) is 0.500. The monoisotopic (exact) mass is 258 g/mol. The summed E-state index contributed by atoms with van der Waals surface area (Å²) >= 11 is 0. The van der Waals surface area contributed by atoms with Gasteiger partial charge in [0, 0.05) is 22.6 Å². The van der Waals surface area contributed by atoms with E-state index in [0.717, 1.165) is 24.8 Å². The van der Waals surface area contributed by atoms with Crippen LogP contribution in [0, 0.1) is 6.92 Å². The molecule has 2 N–H and O–H groups in total. The molecule has 0 bridgehead atoms. The summed E-state index contributed by atoms with van der Waals surface area (Å²) in [6.07, 6.45) is 5.05.